The Morgan fingerprint density at radius 3 is 2.85 bits per heavy atom. The molecule has 2 aliphatic heterocycles. The molecule has 0 bridgehead atoms. The van der Waals surface area contributed by atoms with Gasteiger partial charge in [0.2, 0.25) is 6.23 Å². The van der Waals surface area contributed by atoms with Crippen LogP contribution >= 0.6 is 11.3 Å². The lowest BCUT2D eigenvalue weighted by molar-refractivity contribution is -0.0204. The Hall–Kier alpha value is -2.99. The topological polar surface area (TPSA) is 54.3 Å². The predicted molar refractivity (Wildman–Crippen MR) is 105 cm³/mol. The second kappa shape index (κ2) is 6.32. The highest BCUT2D eigenvalue weighted by molar-refractivity contribution is 7.12. The number of phenolic OH excluding ortho intramolecular Hbond substituents is 1. The maximum atomic E-state index is 10.5. The molecule has 27 heavy (non-hydrogen) atoms. The summed E-state index contributed by atoms with van der Waals surface area (Å²) < 4.78 is 11.6. The molecule has 2 aromatic carbocycles. The third kappa shape index (κ3) is 2.64. The minimum absolute atomic E-state index is 0.0719. The maximum Gasteiger partial charge on any atom is 0.217 e. The van der Waals surface area contributed by atoms with E-state index < -0.39 is 6.23 Å². The molecule has 0 unspecified atom stereocenters. The standard InChI is InChI=1S/C21H18N2O3S/c1-25-13-8-9-18(24)15(11-13)21-23-17(14-5-2-3-6-19(14)26-21)12-16(22-23)20-7-4-10-27-20/h2-11,17,21,24H,12H2,1H3/t17-,21+/m0/s1. The smallest absolute Gasteiger partial charge is 0.217 e. The van der Waals surface area contributed by atoms with Gasteiger partial charge in [-0.2, -0.15) is 5.10 Å². The molecule has 1 N–H and O–H groups in total. The summed E-state index contributed by atoms with van der Waals surface area (Å²) in [6, 6.07) is 17.4. The minimum Gasteiger partial charge on any atom is -0.507 e. The first-order valence-electron chi connectivity index (χ1n) is 8.77. The fraction of sp³-hybridized carbons (Fsp3) is 0.190. The molecule has 136 valence electrons. The van der Waals surface area contributed by atoms with Crippen molar-refractivity contribution >= 4 is 17.0 Å². The third-order valence-electron chi connectivity index (χ3n) is 5.01. The number of thiophene rings is 1. The van der Waals surface area contributed by atoms with Crippen molar-refractivity contribution in [1.82, 2.24) is 5.01 Å². The zero-order valence-electron chi connectivity index (χ0n) is 14.7. The van der Waals surface area contributed by atoms with E-state index in [0.717, 1.165) is 28.3 Å². The van der Waals surface area contributed by atoms with E-state index in [2.05, 4.69) is 17.5 Å². The SMILES string of the molecule is COc1ccc(O)c([C@H]2Oc3ccccc3[C@@H]3CC(c4cccs4)=NN23)c1. The van der Waals surface area contributed by atoms with Gasteiger partial charge >= 0.3 is 0 Å². The molecule has 3 heterocycles. The fourth-order valence-electron chi connectivity index (χ4n) is 3.69. The fourth-order valence-corrected chi connectivity index (χ4v) is 4.41. The van der Waals surface area contributed by atoms with Crippen molar-refractivity contribution in [3.63, 3.8) is 0 Å². The largest absolute Gasteiger partial charge is 0.507 e. The molecule has 0 saturated heterocycles. The van der Waals surface area contributed by atoms with E-state index in [4.69, 9.17) is 14.6 Å². The molecule has 0 radical (unpaired) electrons. The number of hydrogen-bond acceptors (Lipinski definition) is 6. The number of methoxy groups -OCH3 is 1. The van der Waals surface area contributed by atoms with E-state index in [1.54, 1.807) is 30.6 Å². The summed E-state index contributed by atoms with van der Waals surface area (Å²) in [6.07, 6.45) is 0.291. The molecule has 0 saturated carbocycles. The first kappa shape index (κ1) is 16.2. The lowest BCUT2D eigenvalue weighted by Crippen LogP contribution is -2.33. The van der Waals surface area contributed by atoms with Crippen molar-refractivity contribution in [3.8, 4) is 17.2 Å². The Bertz CT molecular complexity index is 1020. The summed E-state index contributed by atoms with van der Waals surface area (Å²) in [5, 5.41) is 19.4. The molecular formula is C21H18N2O3S. The van der Waals surface area contributed by atoms with Crippen molar-refractivity contribution in [3.05, 3.63) is 76.0 Å². The van der Waals surface area contributed by atoms with Crippen LogP contribution < -0.4 is 9.47 Å². The van der Waals surface area contributed by atoms with Crippen LogP contribution in [0.3, 0.4) is 0 Å². The van der Waals surface area contributed by atoms with Gasteiger partial charge in [-0.1, -0.05) is 24.3 Å². The molecule has 0 amide bonds. The van der Waals surface area contributed by atoms with Crippen LogP contribution in [-0.2, 0) is 0 Å². The van der Waals surface area contributed by atoms with E-state index in [1.807, 2.05) is 35.3 Å². The van der Waals surface area contributed by atoms with Gasteiger partial charge in [-0.15, -0.1) is 11.3 Å². The van der Waals surface area contributed by atoms with Gasteiger partial charge in [0.05, 0.1) is 29.3 Å². The van der Waals surface area contributed by atoms with Gasteiger partial charge in [-0.3, -0.25) is 0 Å². The minimum atomic E-state index is -0.516. The molecule has 6 heteroatoms. The predicted octanol–water partition coefficient (Wildman–Crippen LogP) is 4.70. The van der Waals surface area contributed by atoms with Crippen molar-refractivity contribution in [2.45, 2.75) is 18.7 Å². The Morgan fingerprint density at radius 2 is 2.04 bits per heavy atom. The van der Waals surface area contributed by atoms with Crippen LogP contribution in [0.4, 0.5) is 0 Å². The molecule has 0 aliphatic carbocycles. The van der Waals surface area contributed by atoms with Crippen LogP contribution in [-0.4, -0.2) is 22.9 Å². The van der Waals surface area contributed by atoms with Crippen LogP contribution in [0, 0.1) is 0 Å². The van der Waals surface area contributed by atoms with Crippen LogP contribution in [0.2, 0.25) is 0 Å². The van der Waals surface area contributed by atoms with Gasteiger partial charge in [0, 0.05) is 12.0 Å². The van der Waals surface area contributed by atoms with E-state index in [9.17, 15) is 5.11 Å². The lowest BCUT2D eigenvalue weighted by Gasteiger charge is -2.38. The van der Waals surface area contributed by atoms with Crippen LogP contribution in [0.25, 0.3) is 0 Å². The van der Waals surface area contributed by atoms with Crippen LogP contribution in [0.5, 0.6) is 17.2 Å². The van der Waals surface area contributed by atoms with E-state index in [-0.39, 0.29) is 11.8 Å². The number of hydrazone groups is 1. The highest BCUT2D eigenvalue weighted by Gasteiger charge is 2.42. The summed E-state index contributed by atoms with van der Waals surface area (Å²) in [4.78, 5) is 1.16. The highest BCUT2D eigenvalue weighted by Crippen LogP contribution is 2.49. The molecule has 3 aromatic rings. The number of ether oxygens (including phenoxy) is 2. The van der Waals surface area contributed by atoms with E-state index in [0.29, 0.717) is 11.3 Å². The number of hydrogen-bond donors (Lipinski definition) is 1. The van der Waals surface area contributed by atoms with Gasteiger partial charge < -0.3 is 14.6 Å². The Morgan fingerprint density at radius 1 is 1.15 bits per heavy atom. The zero-order valence-corrected chi connectivity index (χ0v) is 15.5. The summed E-state index contributed by atoms with van der Waals surface area (Å²) in [6.45, 7) is 0. The summed E-state index contributed by atoms with van der Waals surface area (Å²) in [5.74, 6) is 1.66. The Balaban J connectivity index is 1.63. The summed E-state index contributed by atoms with van der Waals surface area (Å²) in [5.41, 5.74) is 2.80. The Kier molecular flexibility index (Phi) is 3.79. The second-order valence-corrected chi connectivity index (χ2v) is 7.50. The van der Waals surface area contributed by atoms with Crippen molar-refractivity contribution < 1.29 is 14.6 Å². The average Bonchev–Trinajstić information content (AvgIpc) is 3.37. The number of fused-ring (bicyclic) bond motifs is 3. The number of aromatic hydroxyl groups is 1. The number of para-hydroxylation sites is 1. The van der Waals surface area contributed by atoms with Crippen molar-refractivity contribution in [1.29, 1.82) is 0 Å². The normalized spacial score (nSPS) is 20.5. The maximum absolute atomic E-state index is 10.5. The molecule has 2 atom stereocenters. The Labute approximate surface area is 161 Å². The van der Waals surface area contributed by atoms with E-state index in [1.165, 1.54) is 0 Å². The summed E-state index contributed by atoms with van der Waals surface area (Å²) in [7, 11) is 1.61. The number of rotatable bonds is 3. The first-order valence-corrected chi connectivity index (χ1v) is 9.65. The molecule has 5 rings (SSSR count). The third-order valence-corrected chi connectivity index (χ3v) is 5.92. The van der Waals surface area contributed by atoms with Gasteiger partial charge in [0.1, 0.15) is 17.2 Å². The van der Waals surface area contributed by atoms with Crippen molar-refractivity contribution in [2.75, 3.05) is 7.11 Å². The van der Waals surface area contributed by atoms with Gasteiger partial charge in [0.15, 0.2) is 0 Å². The zero-order chi connectivity index (χ0) is 18.4. The average molecular weight is 378 g/mol. The first-order chi connectivity index (χ1) is 13.2. The van der Waals surface area contributed by atoms with Gasteiger partial charge in [-0.25, -0.2) is 5.01 Å². The molecule has 1 aromatic heterocycles. The quantitative estimate of drug-likeness (QED) is 0.717. The number of nitrogens with zero attached hydrogens (tertiary/aromatic N) is 2. The lowest BCUT2D eigenvalue weighted by atomic mass is 9.97. The molecule has 5 nitrogen and oxygen atoms in total. The van der Waals surface area contributed by atoms with E-state index >= 15 is 0 Å². The number of phenols is 1. The highest BCUT2D eigenvalue weighted by atomic mass is 32.1. The number of benzene rings is 2. The second-order valence-electron chi connectivity index (χ2n) is 6.56. The molecule has 0 spiro atoms. The molecule has 2 aliphatic rings. The van der Waals surface area contributed by atoms with Crippen molar-refractivity contribution in [2.24, 2.45) is 5.10 Å². The van der Waals surface area contributed by atoms with Gasteiger partial charge in [-0.05, 0) is 35.7 Å². The summed E-state index contributed by atoms with van der Waals surface area (Å²) >= 11 is 1.69. The van der Waals surface area contributed by atoms with Crippen LogP contribution in [0.1, 0.15) is 34.7 Å². The molecule has 0 fully saturated rings. The molecular weight excluding hydrogens is 360 g/mol. The monoisotopic (exact) mass is 378 g/mol. The van der Waals surface area contributed by atoms with Gasteiger partial charge in [0.25, 0.3) is 0 Å². The van der Waals surface area contributed by atoms with Crippen LogP contribution in [0.15, 0.2) is 65.1 Å².